The number of fused-ring (bicyclic) bond motifs is 1. The SMILES string of the molecule is Cc1ccc(Nc2ccc(-c3cccc4ccccc34)cc2)cc1. The summed E-state index contributed by atoms with van der Waals surface area (Å²) in [6.07, 6.45) is 0. The second-order valence-corrected chi connectivity index (χ2v) is 6.10. The maximum Gasteiger partial charge on any atom is 0.0384 e. The Hall–Kier alpha value is -3.06. The first kappa shape index (κ1) is 14.5. The highest BCUT2D eigenvalue weighted by Crippen LogP contribution is 2.29. The first-order chi connectivity index (χ1) is 11.8. The van der Waals surface area contributed by atoms with Gasteiger partial charge >= 0.3 is 0 Å². The highest BCUT2D eigenvalue weighted by atomic mass is 14.9. The molecule has 1 N–H and O–H groups in total. The predicted octanol–water partition coefficient (Wildman–Crippen LogP) is 6.56. The molecule has 0 aliphatic carbocycles. The number of anilines is 2. The molecule has 4 aromatic carbocycles. The third-order valence-electron chi connectivity index (χ3n) is 4.33. The molecule has 0 amide bonds. The molecule has 24 heavy (non-hydrogen) atoms. The number of benzene rings is 4. The number of hydrogen-bond acceptors (Lipinski definition) is 1. The molecule has 0 radical (unpaired) electrons. The topological polar surface area (TPSA) is 12.0 Å². The maximum absolute atomic E-state index is 3.45. The lowest BCUT2D eigenvalue weighted by atomic mass is 9.98. The minimum absolute atomic E-state index is 1.10. The number of aryl methyl sites for hydroxylation is 1. The van der Waals surface area contributed by atoms with Gasteiger partial charge in [-0.2, -0.15) is 0 Å². The summed E-state index contributed by atoms with van der Waals surface area (Å²) in [6, 6.07) is 32.1. The Kier molecular flexibility index (Phi) is 3.76. The van der Waals surface area contributed by atoms with Crippen LogP contribution in [-0.4, -0.2) is 0 Å². The van der Waals surface area contributed by atoms with Crippen LogP contribution in [0.15, 0.2) is 91.0 Å². The third-order valence-corrected chi connectivity index (χ3v) is 4.33. The lowest BCUT2D eigenvalue weighted by molar-refractivity contribution is 1.45. The van der Waals surface area contributed by atoms with Crippen LogP contribution >= 0.6 is 0 Å². The standard InChI is InChI=1S/C23H19N/c1-17-9-13-20(14-10-17)24-21-15-11-19(12-16-21)23-8-4-6-18-5-2-3-7-22(18)23/h2-16,24H,1H3. The van der Waals surface area contributed by atoms with Gasteiger partial charge in [0.1, 0.15) is 0 Å². The van der Waals surface area contributed by atoms with E-state index in [2.05, 4.69) is 103 Å². The summed E-state index contributed by atoms with van der Waals surface area (Å²) >= 11 is 0. The van der Waals surface area contributed by atoms with Crippen LogP contribution in [0.1, 0.15) is 5.56 Å². The van der Waals surface area contributed by atoms with Crippen LogP contribution in [0.5, 0.6) is 0 Å². The van der Waals surface area contributed by atoms with Gasteiger partial charge in [0.05, 0.1) is 0 Å². The van der Waals surface area contributed by atoms with E-state index in [-0.39, 0.29) is 0 Å². The van der Waals surface area contributed by atoms with Gasteiger partial charge < -0.3 is 5.32 Å². The monoisotopic (exact) mass is 309 g/mol. The Balaban J connectivity index is 1.64. The molecule has 1 heteroatoms. The molecule has 0 atom stereocenters. The fraction of sp³-hybridized carbons (Fsp3) is 0.0435. The van der Waals surface area contributed by atoms with Crippen molar-refractivity contribution in [3.63, 3.8) is 0 Å². The summed E-state index contributed by atoms with van der Waals surface area (Å²) in [7, 11) is 0. The minimum atomic E-state index is 1.10. The van der Waals surface area contributed by atoms with Gasteiger partial charge in [-0.25, -0.2) is 0 Å². The summed E-state index contributed by atoms with van der Waals surface area (Å²) in [5.74, 6) is 0. The fourth-order valence-electron chi connectivity index (χ4n) is 3.01. The average Bonchev–Trinajstić information content (AvgIpc) is 2.64. The second kappa shape index (κ2) is 6.21. The molecule has 0 spiro atoms. The van der Waals surface area contributed by atoms with E-state index >= 15 is 0 Å². The zero-order chi connectivity index (χ0) is 16.4. The molecule has 0 fully saturated rings. The van der Waals surface area contributed by atoms with Crippen molar-refractivity contribution in [3.8, 4) is 11.1 Å². The highest BCUT2D eigenvalue weighted by molar-refractivity contribution is 5.96. The van der Waals surface area contributed by atoms with E-state index in [0.717, 1.165) is 11.4 Å². The summed E-state index contributed by atoms with van der Waals surface area (Å²) in [4.78, 5) is 0. The van der Waals surface area contributed by atoms with Crippen molar-refractivity contribution >= 4 is 22.1 Å². The van der Waals surface area contributed by atoms with E-state index in [0.29, 0.717) is 0 Å². The molecule has 0 saturated carbocycles. The van der Waals surface area contributed by atoms with Crippen molar-refractivity contribution in [3.05, 3.63) is 96.6 Å². The molecule has 1 nitrogen and oxygen atoms in total. The Morgan fingerprint density at radius 2 is 1.21 bits per heavy atom. The molecule has 0 aromatic heterocycles. The van der Waals surface area contributed by atoms with Crippen LogP contribution in [0.2, 0.25) is 0 Å². The largest absolute Gasteiger partial charge is 0.356 e. The van der Waals surface area contributed by atoms with Crippen LogP contribution < -0.4 is 5.32 Å². The van der Waals surface area contributed by atoms with E-state index in [1.54, 1.807) is 0 Å². The number of nitrogens with one attached hydrogen (secondary N) is 1. The minimum Gasteiger partial charge on any atom is -0.356 e. The first-order valence-corrected chi connectivity index (χ1v) is 8.21. The van der Waals surface area contributed by atoms with Crippen LogP contribution in [0.25, 0.3) is 21.9 Å². The summed E-state index contributed by atoms with van der Waals surface area (Å²) in [5, 5.41) is 6.01. The van der Waals surface area contributed by atoms with E-state index in [1.165, 1.54) is 27.5 Å². The summed E-state index contributed by atoms with van der Waals surface area (Å²) < 4.78 is 0. The zero-order valence-corrected chi connectivity index (χ0v) is 13.7. The second-order valence-electron chi connectivity index (χ2n) is 6.10. The van der Waals surface area contributed by atoms with Gasteiger partial charge in [-0.05, 0) is 53.1 Å². The molecule has 0 unspecified atom stereocenters. The van der Waals surface area contributed by atoms with Crippen molar-refractivity contribution in [2.75, 3.05) is 5.32 Å². The van der Waals surface area contributed by atoms with E-state index in [4.69, 9.17) is 0 Å². The van der Waals surface area contributed by atoms with Crippen LogP contribution in [-0.2, 0) is 0 Å². The van der Waals surface area contributed by atoms with Crippen molar-refractivity contribution in [1.29, 1.82) is 0 Å². The quantitative estimate of drug-likeness (QED) is 0.452. The molecular formula is C23H19N. The van der Waals surface area contributed by atoms with E-state index < -0.39 is 0 Å². The Bertz CT molecular complexity index is 961. The Morgan fingerprint density at radius 1 is 0.583 bits per heavy atom. The molecule has 0 heterocycles. The lowest BCUT2D eigenvalue weighted by Crippen LogP contribution is -1.90. The van der Waals surface area contributed by atoms with Gasteiger partial charge in [0, 0.05) is 11.4 Å². The van der Waals surface area contributed by atoms with Crippen molar-refractivity contribution in [1.82, 2.24) is 0 Å². The lowest BCUT2D eigenvalue weighted by Gasteiger charge is -2.10. The molecule has 0 saturated heterocycles. The van der Waals surface area contributed by atoms with Gasteiger partial charge in [0.2, 0.25) is 0 Å². The number of hydrogen-bond donors (Lipinski definition) is 1. The van der Waals surface area contributed by atoms with E-state index in [1.807, 2.05) is 0 Å². The van der Waals surface area contributed by atoms with Gasteiger partial charge in [-0.3, -0.25) is 0 Å². The Morgan fingerprint density at radius 3 is 1.96 bits per heavy atom. The molecule has 0 aliphatic heterocycles. The van der Waals surface area contributed by atoms with Crippen LogP contribution in [0.3, 0.4) is 0 Å². The van der Waals surface area contributed by atoms with Gasteiger partial charge in [0.25, 0.3) is 0 Å². The van der Waals surface area contributed by atoms with Gasteiger partial charge in [-0.1, -0.05) is 72.3 Å². The molecular weight excluding hydrogens is 290 g/mol. The van der Waals surface area contributed by atoms with Crippen LogP contribution in [0, 0.1) is 6.92 Å². The predicted molar refractivity (Wildman–Crippen MR) is 104 cm³/mol. The summed E-state index contributed by atoms with van der Waals surface area (Å²) in [5.41, 5.74) is 5.99. The first-order valence-electron chi connectivity index (χ1n) is 8.21. The normalized spacial score (nSPS) is 10.7. The van der Waals surface area contributed by atoms with Gasteiger partial charge in [0.15, 0.2) is 0 Å². The number of rotatable bonds is 3. The van der Waals surface area contributed by atoms with Crippen LogP contribution in [0.4, 0.5) is 11.4 Å². The Labute approximate surface area is 142 Å². The molecule has 0 bridgehead atoms. The molecule has 4 rings (SSSR count). The average molecular weight is 309 g/mol. The highest BCUT2D eigenvalue weighted by Gasteiger charge is 2.03. The molecule has 0 aliphatic rings. The third kappa shape index (κ3) is 2.89. The van der Waals surface area contributed by atoms with Crippen molar-refractivity contribution < 1.29 is 0 Å². The zero-order valence-electron chi connectivity index (χ0n) is 13.7. The summed E-state index contributed by atoms with van der Waals surface area (Å²) in [6.45, 7) is 2.10. The van der Waals surface area contributed by atoms with Crippen molar-refractivity contribution in [2.45, 2.75) is 6.92 Å². The fourth-order valence-corrected chi connectivity index (χ4v) is 3.01. The van der Waals surface area contributed by atoms with E-state index in [9.17, 15) is 0 Å². The van der Waals surface area contributed by atoms with Crippen molar-refractivity contribution in [2.24, 2.45) is 0 Å². The molecule has 4 aromatic rings. The molecule has 116 valence electrons. The maximum atomic E-state index is 3.45. The smallest absolute Gasteiger partial charge is 0.0384 e. The van der Waals surface area contributed by atoms with Gasteiger partial charge in [-0.15, -0.1) is 0 Å².